The molecular formula is C14H15BrN2O2. The molecule has 2 rings (SSSR count). The van der Waals surface area contributed by atoms with E-state index in [4.69, 9.17) is 9.47 Å². The molecule has 4 nitrogen and oxygen atoms in total. The summed E-state index contributed by atoms with van der Waals surface area (Å²) < 4.78 is 10.9. The number of ether oxygens (including phenoxy) is 2. The highest BCUT2D eigenvalue weighted by atomic mass is 79.9. The smallest absolute Gasteiger partial charge is 0.138 e. The standard InChI is InChI=1S/C14H15BrN2O2/c1-10-5-14(18-2)6-12(17-10)9-19-13-4-3-11(7-15)16-8-13/h3-6,8H,7,9H2,1-2H3. The van der Waals surface area contributed by atoms with Crippen LogP contribution in [0.5, 0.6) is 11.5 Å². The molecule has 0 aliphatic heterocycles. The van der Waals surface area contributed by atoms with Crippen LogP contribution in [0.2, 0.25) is 0 Å². The zero-order valence-electron chi connectivity index (χ0n) is 10.9. The second kappa shape index (κ2) is 6.52. The molecule has 0 fully saturated rings. The van der Waals surface area contributed by atoms with Crippen molar-refractivity contribution in [2.45, 2.75) is 18.9 Å². The van der Waals surface area contributed by atoms with Crippen molar-refractivity contribution in [3.8, 4) is 11.5 Å². The Morgan fingerprint density at radius 1 is 1.16 bits per heavy atom. The third-order valence-corrected chi connectivity index (χ3v) is 3.11. The van der Waals surface area contributed by atoms with Gasteiger partial charge in [0.15, 0.2) is 0 Å². The highest BCUT2D eigenvalue weighted by Gasteiger charge is 2.02. The van der Waals surface area contributed by atoms with Gasteiger partial charge in [0.1, 0.15) is 18.1 Å². The molecule has 2 aromatic rings. The molecule has 0 bridgehead atoms. The lowest BCUT2D eigenvalue weighted by atomic mass is 10.3. The molecule has 0 radical (unpaired) electrons. The number of rotatable bonds is 5. The van der Waals surface area contributed by atoms with Gasteiger partial charge in [-0.2, -0.15) is 0 Å². The average molecular weight is 323 g/mol. The Morgan fingerprint density at radius 3 is 2.63 bits per heavy atom. The quantitative estimate of drug-likeness (QED) is 0.792. The summed E-state index contributed by atoms with van der Waals surface area (Å²) in [5, 5.41) is 0.740. The van der Waals surface area contributed by atoms with Gasteiger partial charge in [-0.3, -0.25) is 9.97 Å². The molecule has 0 amide bonds. The van der Waals surface area contributed by atoms with Gasteiger partial charge in [-0.15, -0.1) is 0 Å². The van der Waals surface area contributed by atoms with Crippen molar-refractivity contribution in [1.82, 2.24) is 9.97 Å². The summed E-state index contributed by atoms with van der Waals surface area (Å²) in [4.78, 5) is 8.64. The number of halogens is 1. The summed E-state index contributed by atoms with van der Waals surface area (Å²) in [5.74, 6) is 1.52. The van der Waals surface area contributed by atoms with Crippen molar-refractivity contribution in [2.24, 2.45) is 0 Å². The molecule has 0 N–H and O–H groups in total. The molecule has 19 heavy (non-hydrogen) atoms. The van der Waals surface area contributed by atoms with Crippen molar-refractivity contribution in [2.75, 3.05) is 7.11 Å². The van der Waals surface area contributed by atoms with Gasteiger partial charge in [-0.25, -0.2) is 0 Å². The van der Waals surface area contributed by atoms with E-state index in [0.29, 0.717) is 6.61 Å². The zero-order chi connectivity index (χ0) is 13.7. The predicted octanol–water partition coefficient (Wildman–Crippen LogP) is 3.27. The first kappa shape index (κ1) is 13.8. The summed E-state index contributed by atoms with van der Waals surface area (Å²) in [5.41, 5.74) is 2.72. The van der Waals surface area contributed by atoms with Crippen LogP contribution in [-0.2, 0) is 11.9 Å². The molecule has 0 saturated heterocycles. The van der Waals surface area contributed by atoms with Crippen LogP contribution in [0.1, 0.15) is 17.1 Å². The van der Waals surface area contributed by atoms with Crippen molar-refractivity contribution >= 4 is 15.9 Å². The lowest BCUT2D eigenvalue weighted by Crippen LogP contribution is -2.01. The third-order valence-electron chi connectivity index (χ3n) is 2.54. The summed E-state index contributed by atoms with van der Waals surface area (Å²) in [6, 6.07) is 7.58. The Hall–Kier alpha value is -1.62. The second-order valence-electron chi connectivity index (χ2n) is 4.05. The highest BCUT2D eigenvalue weighted by Crippen LogP contribution is 2.16. The Balaban J connectivity index is 2.03. The first-order valence-electron chi connectivity index (χ1n) is 5.86. The normalized spacial score (nSPS) is 10.3. The fourth-order valence-electron chi connectivity index (χ4n) is 1.63. The van der Waals surface area contributed by atoms with Gasteiger partial charge in [0, 0.05) is 23.2 Å². The number of methoxy groups -OCH3 is 1. The predicted molar refractivity (Wildman–Crippen MR) is 76.7 cm³/mol. The summed E-state index contributed by atoms with van der Waals surface area (Å²) in [6.07, 6.45) is 1.71. The molecule has 0 saturated carbocycles. The SMILES string of the molecule is COc1cc(C)nc(COc2ccc(CBr)nc2)c1. The monoisotopic (exact) mass is 322 g/mol. The van der Waals surface area contributed by atoms with Gasteiger partial charge in [-0.05, 0) is 19.1 Å². The molecule has 5 heteroatoms. The first-order valence-corrected chi connectivity index (χ1v) is 6.98. The molecule has 2 aromatic heterocycles. The zero-order valence-corrected chi connectivity index (χ0v) is 12.5. The topological polar surface area (TPSA) is 44.2 Å². The van der Waals surface area contributed by atoms with Gasteiger partial charge < -0.3 is 9.47 Å². The number of alkyl halides is 1. The first-order chi connectivity index (χ1) is 9.21. The van der Waals surface area contributed by atoms with E-state index in [2.05, 4.69) is 25.9 Å². The fourth-order valence-corrected chi connectivity index (χ4v) is 1.96. The maximum absolute atomic E-state index is 5.65. The van der Waals surface area contributed by atoms with E-state index in [1.54, 1.807) is 13.3 Å². The van der Waals surface area contributed by atoms with E-state index in [0.717, 1.165) is 33.9 Å². The molecule has 0 aliphatic carbocycles. The van der Waals surface area contributed by atoms with Crippen molar-refractivity contribution in [1.29, 1.82) is 0 Å². The van der Waals surface area contributed by atoms with Gasteiger partial charge in [-0.1, -0.05) is 15.9 Å². The van der Waals surface area contributed by atoms with Gasteiger partial charge >= 0.3 is 0 Å². The van der Waals surface area contributed by atoms with Crippen molar-refractivity contribution < 1.29 is 9.47 Å². The van der Waals surface area contributed by atoms with Crippen LogP contribution >= 0.6 is 15.9 Å². The number of hydrogen-bond donors (Lipinski definition) is 0. The van der Waals surface area contributed by atoms with E-state index in [1.807, 2.05) is 31.2 Å². The number of aryl methyl sites for hydroxylation is 1. The minimum Gasteiger partial charge on any atom is -0.497 e. The average Bonchev–Trinajstić information content (AvgIpc) is 2.45. The fraction of sp³-hybridized carbons (Fsp3) is 0.286. The lowest BCUT2D eigenvalue weighted by Gasteiger charge is -2.08. The summed E-state index contributed by atoms with van der Waals surface area (Å²) >= 11 is 3.35. The van der Waals surface area contributed by atoms with Crippen molar-refractivity contribution in [3.05, 3.63) is 47.5 Å². The molecule has 0 spiro atoms. The Labute approximate surface area is 120 Å². The molecule has 0 aromatic carbocycles. The van der Waals surface area contributed by atoms with Crippen LogP contribution in [0, 0.1) is 6.92 Å². The maximum atomic E-state index is 5.65. The number of hydrogen-bond acceptors (Lipinski definition) is 4. The third kappa shape index (κ3) is 3.92. The van der Waals surface area contributed by atoms with Crippen LogP contribution in [-0.4, -0.2) is 17.1 Å². The Kier molecular flexibility index (Phi) is 4.74. The van der Waals surface area contributed by atoms with E-state index in [9.17, 15) is 0 Å². The summed E-state index contributed by atoms with van der Waals surface area (Å²) in [7, 11) is 1.64. The molecule has 0 aliphatic rings. The molecule has 2 heterocycles. The number of nitrogens with zero attached hydrogens (tertiary/aromatic N) is 2. The number of pyridine rings is 2. The van der Waals surface area contributed by atoms with Crippen LogP contribution in [0.15, 0.2) is 30.5 Å². The minimum atomic E-state index is 0.396. The lowest BCUT2D eigenvalue weighted by molar-refractivity contribution is 0.298. The van der Waals surface area contributed by atoms with Gasteiger partial charge in [0.2, 0.25) is 0 Å². The molecule has 0 atom stereocenters. The van der Waals surface area contributed by atoms with Crippen LogP contribution in [0.4, 0.5) is 0 Å². The highest BCUT2D eigenvalue weighted by molar-refractivity contribution is 9.08. The van der Waals surface area contributed by atoms with Gasteiger partial charge in [0.05, 0.1) is 24.7 Å². The van der Waals surface area contributed by atoms with Crippen LogP contribution in [0.3, 0.4) is 0 Å². The summed E-state index contributed by atoms with van der Waals surface area (Å²) in [6.45, 7) is 2.33. The van der Waals surface area contributed by atoms with Gasteiger partial charge in [0.25, 0.3) is 0 Å². The van der Waals surface area contributed by atoms with E-state index < -0.39 is 0 Å². The van der Waals surface area contributed by atoms with E-state index in [1.165, 1.54) is 0 Å². The van der Waals surface area contributed by atoms with Crippen molar-refractivity contribution in [3.63, 3.8) is 0 Å². The molecule has 0 unspecified atom stereocenters. The minimum absolute atomic E-state index is 0.396. The largest absolute Gasteiger partial charge is 0.497 e. The van der Waals surface area contributed by atoms with E-state index >= 15 is 0 Å². The Morgan fingerprint density at radius 2 is 2.00 bits per heavy atom. The molecular weight excluding hydrogens is 308 g/mol. The van der Waals surface area contributed by atoms with Crippen LogP contribution < -0.4 is 9.47 Å². The van der Waals surface area contributed by atoms with E-state index in [-0.39, 0.29) is 0 Å². The molecule has 100 valence electrons. The number of aromatic nitrogens is 2. The Bertz CT molecular complexity index is 544. The second-order valence-corrected chi connectivity index (χ2v) is 4.61. The van der Waals surface area contributed by atoms with Crippen LogP contribution in [0.25, 0.3) is 0 Å². The maximum Gasteiger partial charge on any atom is 0.138 e.